The van der Waals surface area contributed by atoms with Gasteiger partial charge in [-0.1, -0.05) is 0 Å². The van der Waals surface area contributed by atoms with Crippen LogP contribution in [0.4, 0.5) is 8.78 Å². The number of amides is 1. The van der Waals surface area contributed by atoms with Gasteiger partial charge >= 0.3 is 0 Å². The minimum absolute atomic E-state index is 0.120. The summed E-state index contributed by atoms with van der Waals surface area (Å²) in [4.78, 5) is 13.1. The Hall–Kier alpha value is -1.96. The standard InChI is InChI=1S/C12H12F2N2O/c1-3-16(5-4-15)12(17)9-6-8(2)10(13)7-11(9)14/h6-7H,3,5H2,1-2H3. The summed E-state index contributed by atoms with van der Waals surface area (Å²) < 4.78 is 26.5. The van der Waals surface area contributed by atoms with E-state index < -0.39 is 17.5 Å². The van der Waals surface area contributed by atoms with Crippen LogP contribution in [0, 0.1) is 29.9 Å². The summed E-state index contributed by atoms with van der Waals surface area (Å²) in [6.45, 7) is 3.31. The van der Waals surface area contributed by atoms with E-state index in [1.807, 2.05) is 6.07 Å². The van der Waals surface area contributed by atoms with Crippen LogP contribution in [0.15, 0.2) is 12.1 Å². The maximum atomic E-state index is 13.4. The molecule has 5 heteroatoms. The first-order chi connectivity index (χ1) is 8.01. The fourth-order valence-corrected chi connectivity index (χ4v) is 1.40. The highest BCUT2D eigenvalue weighted by Crippen LogP contribution is 2.16. The predicted molar refractivity (Wildman–Crippen MR) is 58.3 cm³/mol. The van der Waals surface area contributed by atoms with Crippen molar-refractivity contribution in [3.63, 3.8) is 0 Å². The fourth-order valence-electron chi connectivity index (χ4n) is 1.40. The Morgan fingerprint density at radius 1 is 1.41 bits per heavy atom. The molecule has 0 radical (unpaired) electrons. The molecule has 17 heavy (non-hydrogen) atoms. The molecule has 0 saturated heterocycles. The average molecular weight is 238 g/mol. The molecule has 0 N–H and O–H groups in total. The summed E-state index contributed by atoms with van der Waals surface area (Å²) in [7, 11) is 0. The number of aryl methyl sites for hydroxylation is 1. The monoisotopic (exact) mass is 238 g/mol. The molecular formula is C12H12F2N2O. The van der Waals surface area contributed by atoms with Crippen molar-refractivity contribution in [1.82, 2.24) is 4.90 Å². The Morgan fingerprint density at radius 3 is 2.59 bits per heavy atom. The summed E-state index contributed by atoms with van der Waals surface area (Å²) >= 11 is 0. The Bertz CT molecular complexity index is 480. The summed E-state index contributed by atoms with van der Waals surface area (Å²) in [5, 5.41) is 8.53. The number of halogens is 2. The number of carbonyl (C=O) groups is 1. The van der Waals surface area contributed by atoms with Crippen molar-refractivity contribution in [2.45, 2.75) is 13.8 Å². The van der Waals surface area contributed by atoms with E-state index >= 15 is 0 Å². The molecule has 0 aromatic heterocycles. The van der Waals surface area contributed by atoms with E-state index in [9.17, 15) is 13.6 Å². The molecule has 1 aromatic rings. The van der Waals surface area contributed by atoms with Crippen LogP contribution < -0.4 is 0 Å². The number of nitriles is 1. The van der Waals surface area contributed by atoms with Crippen molar-refractivity contribution in [3.8, 4) is 6.07 Å². The SMILES string of the molecule is CCN(CC#N)C(=O)c1cc(C)c(F)cc1F. The van der Waals surface area contributed by atoms with Crippen LogP contribution in [0.2, 0.25) is 0 Å². The molecule has 90 valence electrons. The molecule has 1 amide bonds. The summed E-state index contributed by atoms with van der Waals surface area (Å²) in [6.07, 6.45) is 0. The van der Waals surface area contributed by atoms with E-state index in [2.05, 4.69) is 0 Å². The summed E-state index contributed by atoms with van der Waals surface area (Å²) in [6, 6.07) is 3.67. The molecule has 0 bridgehead atoms. The van der Waals surface area contributed by atoms with Crippen LogP contribution in [0.5, 0.6) is 0 Å². The van der Waals surface area contributed by atoms with Gasteiger partial charge < -0.3 is 4.90 Å². The van der Waals surface area contributed by atoms with Crippen LogP contribution in [-0.2, 0) is 0 Å². The molecule has 1 aromatic carbocycles. The minimum Gasteiger partial charge on any atom is -0.326 e. The van der Waals surface area contributed by atoms with E-state index in [4.69, 9.17) is 5.26 Å². The molecule has 0 aliphatic heterocycles. The number of hydrogen-bond donors (Lipinski definition) is 0. The first-order valence-corrected chi connectivity index (χ1v) is 5.13. The molecule has 0 aliphatic rings. The van der Waals surface area contributed by atoms with E-state index in [1.54, 1.807) is 6.92 Å². The number of hydrogen-bond acceptors (Lipinski definition) is 2. The second kappa shape index (κ2) is 5.39. The van der Waals surface area contributed by atoms with E-state index in [1.165, 1.54) is 11.8 Å². The van der Waals surface area contributed by atoms with Gasteiger partial charge in [-0.05, 0) is 25.5 Å². The third kappa shape index (κ3) is 2.78. The molecular weight excluding hydrogens is 226 g/mol. The largest absolute Gasteiger partial charge is 0.326 e. The van der Waals surface area contributed by atoms with Gasteiger partial charge in [0.25, 0.3) is 5.91 Å². The number of rotatable bonds is 3. The summed E-state index contributed by atoms with van der Waals surface area (Å²) in [5.74, 6) is -2.20. The number of carbonyl (C=O) groups excluding carboxylic acids is 1. The van der Waals surface area contributed by atoms with Gasteiger partial charge in [-0.2, -0.15) is 5.26 Å². The molecule has 0 atom stereocenters. The Labute approximate surface area is 98.3 Å². The van der Waals surface area contributed by atoms with Crippen molar-refractivity contribution < 1.29 is 13.6 Å². The predicted octanol–water partition coefficient (Wildman–Crippen LogP) is 2.26. The topological polar surface area (TPSA) is 44.1 Å². The van der Waals surface area contributed by atoms with E-state index in [-0.39, 0.29) is 17.7 Å². The molecule has 0 aliphatic carbocycles. The first kappa shape index (κ1) is 13.1. The van der Waals surface area contributed by atoms with Crippen LogP contribution in [0.3, 0.4) is 0 Å². The number of nitrogens with zero attached hydrogens (tertiary/aromatic N) is 2. The highest BCUT2D eigenvalue weighted by atomic mass is 19.1. The van der Waals surface area contributed by atoms with E-state index in [0.29, 0.717) is 12.6 Å². The Kier molecular flexibility index (Phi) is 4.16. The van der Waals surface area contributed by atoms with Crippen molar-refractivity contribution >= 4 is 5.91 Å². The zero-order valence-corrected chi connectivity index (χ0v) is 9.63. The van der Waals surface area contributed by atoms with Gasteiger partial charge in [0.1, 0.15) is 18.2 Å². The quantitative estimate of drug-likeness (QED) is 0.758. The smallest absolute Gasteiger partial charge is 0.257 e. The average Bonchev–Trinajstić information content (AvgIpc) is 2.30. The lowest BCUT2D eigenvalue weighted by molar-refractivity contribution is 0.0779. The van der Waals surface area contributed by atoms with Gasteiger partial charge in [0, 0.05) is 12.6 Å². The molecule has 0 spiro atoms. The zero-order chi connectivity index (χ0) is 13.0. The molecule has 1 rings (SSSR count). The highest BCUT2D eigenvalue weighted by Gasteiger charge is 2.19. The van der Waals surface area contributed by atoms with Crippen LogP contribution in [0.25, 0.3) is 0 Å². The fraction of sp³-hybridized carbons (Fsp3) is 0.333. The Balaban J connectivity index is 3.12. The first-order valence-electron chi connectivity index (χ1n) is 5.13. The highest BCUT2D eigenvalue weighted by molar-refractivity contribution is 5.94. The van der Waals surface area contributed by atoms with Crippen molar-refractivity contribution in [2.75, 3.05) is 13.1 Å². The maximum Gasteiger partial charge on any atom is 0.257 e. The maximum absolute atomic E-state index is 13.4. The molecule has 3 nitrogen and oxygen atoms in total. The number of benzene rings is 1. The van der Waals surface area contributed by atoms with Gasteiger partial charge in [-0.15, -0.1) is 0 Å². The minimum atomic E-state index is -0.908. The molecule has 0 saturated carbocycles. The third-order valence-electron chi connectivity index (χ3n) is 2.41. The summed E-state index contributed by atoms with van der Waals surface area (Å²) in [5.41, 5.74) is -0.0104. The third-order valence-corrected chi connectivity index (χ3v) is 2.41. The lowest BCUT2D eigenvalue weighted by Crippen LogP contribution is -2.31. The van der Waals surface area contributed by atoms with Crippen LogP contribution in [-0.4, -0.2) is 23.9 Å². The van der Waals surface area contributed by atoms with Crippen molar-refractivity contribution in [3.05, 3.63) is 34.9 Å². The second-order valence-corrected chi connectivity index (χ2v) is 3.56. The van der Waals surface area contributed by atoms with Crippen molar-refractivity contribution in [1.29, 1.82) is 5.26 Å². The lowest BCUT2D eigenvalue weighted by atomic mass is 10.1. The molecule has 0 fully saturated rings. The van der Waals surface area contributed by atoms with E-state index in [0.717, 1.165) is 6.07 Å². The van der Waals surface area contributed by atoms with Gasteiger partial charge in [-0.3, -0.25) is 4.79 Å². The van der Waals surface area contributed by atoms with Crippen LogP contribution in [0.1, 0.15) is 22.8 Å². The Morgan fingerprint density at radius 2 is 2.06 bits per heavy atom. The molecule has 0 unspecified atom stereocenters. The van der Waals surface area contributed by atoms with Crippen molar-refractivity contribution in [2.24, 2.45) is 0 Å². The lowest BCUT2D eigenvalue weighted by Gasteiger charge is -2.17. The second-order valence-electron chi connectivity index (χ2n) is 3.56. The van der Waals surface area contributed by atoms with Gasteiger partial charge in [-0.25, -0.2) is 8.78 Å². The zero-order valence-electron chi connectivity index (χ0n) is 9.63. The normalized spacial score (nSPS) is 9.82. The molecule has 0 heterocycles. The van der Waals surface area contributed by atoms with Gasteiger partial charge in [0.15, 0.2) is 0 Å². The van der Waals surface area contributed by atoms with Gasteiger partial charge in [0.05, 0.1) is 11.6 Å². The van der Waals surface area contributed by atoms with Crippen LogP contribution >= 0.6 is 0 Å². The van der Waals surface area contributed by atoms with Gasteiger partial charge in [0.2, 0.25) is 0 Å².